The monoisotopic (exact) mass is 343 g/mol. The Hall–Kier alpha value is -1.56. The van der Waals surface area contributed by atoms with Crippen LogP contribution in [0.1, 0.15) is 37.3 Å². The van der Waals surface area contributed by atoms with Gasteiger partial charge >= 0.3 is 0 Å². The van der Waals surface area contributed by atoms with E-state index < -0.39 is 0 Å². The van der Waals surface area contributed by atoms with E-state index in [0.29, 0.717) is 26.0 Å². The van der Waals surface area contributed by atoms with Crippen molar-refractivity contribution < 1.29 is 18.9 Å². The lowest BCUT2D eigenvalue weighted by atomic mass is 9.73. The molecule has 0 spiro atoms. The van der Waals surface area contributed by atoms with Crippen LogP contribution in [0.5, 0.6) is 11.5 Å². The fourth-order valence-corrected chi connectivity index (χ4v) is 5.04. The minimum atomic E-state index is 0.0255. The molecule has 3 aliphatic heterocycles. The zero-order valence-corrected chi connectivity index (χ0v) is 14.9. The molecule has 1 aromatic carbocycles. The first kappa shape index (κ1) is 15.7. The Bertz CT molecular complexity index is 716. The normalized spacial score (nSPS) is 32.3. The summed E-state index contributed by atoms with van der Waals surface area (Å²) >= 11 is 0. The topological polar surface area (TPSA) is 40.2 Å². The van der Waals surface area contributed by atoms with Crippen molar-refractivity contribution in [2.75, 3.05) is 26.6 Å². The second-order valence-electron chi connectivity index (χ2n) is 7.18. The third kappa shape index (κ3) is 2.33. The summed E-state index contributed by atoms with van der Waals surface area (Å²) in [5, 5.41) is 0. The Morgan fingerprint density at radius 1 is 1.12 bits per heavy atom. The Balaban J connectivity index is 1.64. The molecule has 0 bridgehead atoms. The van der Waals surface area contributed by atoms with Crippen LogP contribution in [-0.2, 0) is 16.0 Å². The van der Waals surface area contributed by atoms with Gasteiger partial charge in [-0.2, -0.15) is 0 Å². The van der Waals surface area contributed by atoms with Gasteiger partial charge < -0.3 is 18.9 Å². The minimum Gasteiger partial charge on any atom is -0.454 e. The Labute approximate surface area is 148 Å². The predicted octanol–water partition coefficient (Wildman–Crippen LogP) is 2.84. The largest absolute Gasteiger partial charge is 0.454 e. The van der Waals surface area contributed by atoms with Crippen LogP contribution in [0.4, 0.5) is 0 Å². The van der Waals surface area contributed by atoms with Gasteiger partial charge in [-0.3, -0.25) is 4.90 Å². The van der Waals surface area contributed by atoms with Crippen molar-refractivity contribution in [1.82, 2.24) is 4.90 Å². The molecule has 1 aliphatic carbocycles. The van der Waals surface area contributed by atoms with E-state index in [1.54, 1.807) is 0 Å². The molecule has 0 unspecified atom stereocenters. The lowest BCUT2D eigenvalue weighted by Gasteiger charge is -2.46. The molecule has 0 N–H and O–H groups in total. The Morgan fingerprint density at radius 2 is 1.92 bits per heavy atom. The van der Waals surface area contributed by atoms with E-state index in [1.165, 1.54) is 16.7 Å². The smallest absolute Gasteiger partial charge is 0.231 e. The number of benzene rings is 1. The van der Waals surface area contributed by atoms with Crippen LogP contribution in [0.3, 0.4) is 0 Å². The molecular formula is C20H25NO4. The highest BCUT2D eigenvalue weighted by Crippen LogP contribution is 2.50. The third-order valence-corrected chi connectivity index (χ3v) is 5.94. The van der Waals surface area contributed by atoms with Crippen molar-refractivity contribution >= 4 is 0 Å². The highest BCUT2D eigenvalue weighted by Gasteiger charge is 2.50. The summed E-state index contributed by atoms with van der Waals surface area (Å²) in [6, 6.07) is 4.79. The van der Waals surface area contributed by atoms with Gasteiger partial charge in [0.05, 0.1) is 6.10 Å². The van der Waals surface area contributed by atoms with E-state index in [0.717, 1.165) is 31.0 Å². The van der Waals surface area contributed by atoms with E-state index in [9.17, 15) is 0 Å². The fourth-order valence-electron chi connectivity index (χ4n) is 5.04. The van der Waals surface area contributed by atoms with Crippen LogP contribution < -0.4 is 9.47 Å². The zero-order valence-electron chi connectivity index (χ0n) is 14.9. The van der Waals surface area contributed by atoms with Gasteiger partial charge in [0.15, 0.2) is 11.5 Å². The first-order valence-electron chi connectivity index (χ1n) is 9.40. The van der Waals surface area contributed by atoms with Crippen LogP contribution in [0.25, 0.3) is 0 Å². The molecule has 0 aromatic heterocycles. The zero-order chi connectivity index (χ0) is 17.0. The minimum absolute atomic E-state index is 0.0255. The number of fused-ring (bicyclic) bond motifs is 3. The molecular weight excluding hydrogens is 318 g/mol. The molecule has 0 amide bonds. The second-order valence-corrected chi connectivity index (χ2v) is 7.18. The standard InChI is InChI=1S/C20H25NO4/c1-3-22-17-7-12-5-6-21-10-13-8-15-16(25-11-24-15)9-14(13)18(19(12)21)20(17)23-4-2/h7-9,17-20H,3-6,10-11H2,1-2H3/t17-,18-,19+,20+/m0/s1. The quantitative estimate of drug-likeness (QED) is 0.786. The van der Waals surface area contributed by atoms with Gasteiger partial charge in [-0.15, -0.1) is 0 Å². The predicted molar refractivity (Wildman–Crippen MR) is 93.0 cm³/mol. The maximum absolute atomic E-state index is 6.25. The van der Waals surface area contributed by atoms with Crippen molar-refractivity contribution in [1.29, 1.82) is 0 Å². The average molecular weight is 343 g/mol. The van der Waals surface area contributed by atoms with Crippen LogP contribution in [0.2, 0.25) is 0 Å². The van der Waals surface area contributed by atoms with Crippen LogP contribution in [-0.4, -0.2) is 49.7 Å². The lowest BCUT2D eigenvalue weighted by molar-refractivity contribution is -0.0750. The van der Waals surface area contributed by atoms with E-state index in [2.05, 4.69) is 37.0 Å². The maximum Gasteiger partial charge on any atom is 0.231 e. The average Bonchev–Trinajstić information content (AvgIpc) is 3.23. The highest BCUT2D eigenvalue weighted by molar-refractivity contribution is 5.53. The Morgan fingerprint density at radius 3 is 2.72 bits per heavy atom. The molecule has 5 nitrogen and oxygen atoms in total. The van der Waals surface area contributed by atoms with E-state index in [4.69, 9.17) is 18.9 Å². The SMILES string of the molecule is CCO[C@H]1[C@H]2c3cc4c(cc3CN3CCC(=C[C@@H]1OCC)[C@H]23)OCO4. The molecule has 0 saturated carbocycles. The van der Waals surface area contributed by atoms with Gasteiger partial charge in [0, 0.05) is 38.3 Å². The molecule has 1 aromatic rings. The summed E-state index contributed by atoms with van der Waals surface area (Å²) in [5.41, 5.74) is 4.21. The molecule has 1 saturated heterocycles. The molecule has 1 fully saturated rings. The van der Waals surface area contributed by atoms with Gasteiger partial charge in [-0.25, -0.2) is 0 Å². The van der Waals surface area contributed by atoms with Gasteiger partial charge in [0.25, 0.3) is 0 Å². The van der Waals surface area contributed by atoms with Crippen molar-refractivity contribution in [3.63, 3.8) is 0 Å². The van der Waals surface area contributed by atoms with E-state index in [-0.39, 0.29) is 18.1 Å². The molecule has 5 rings (SSSR count). The molecule has 134 valence electrons. The molecule has 25 heavy (non-hydrogen) atoms. The molecule has 5 heteroatoms. The number of nitrogens with zero attached hydrogens (tertiary/aromatic N) is 1. The first-order valence-corrected chi connectivity index (χ1v) is 9.40. The van der Waals surface area contributed by atoms with Crippen molar-refractivity contribution in [3.8, 4) is 11.5 Å². The van der Waals surface area contributed by atoms with E-state index >= 15 is 0 Å². The fraction of sp³-hybridized carbons (Fsp3) is 0.600. The lowest BCUT2D eigenvalue weighted by Crippen LogP contribution is -2.51. The Kier molecular flexibility index (Phi) is 3.77. The van der Waals surface area contributed by atoms with Gasteiger partial charge in [-0.05, 0) is 43.5 Å². The first-order chi connectivity index (χ1) is 12.3. The molecule has 0 radical (unpaired) electrons. The van der Waals surface area contributed by atoms with Crippen molar-refractivity contribution in [2.45, 2.75) is 51.0 Å². The van der Waals surface area contributed by atoms with Crippen molar-refractivity contribution in [2.24, 2.45) is 0 Å². The molecule has 3 heterocycles. The number of hydrogen-bond acceptors (Lipinski definition) is 5. The summed E-state index contributed by atoms with van der Waals surface area (Å²) < 4.78 is 23.6. The highest BCUT2D eigenvalue weighted by atomic mass is 16.7. The van der Waals surface area contributed by atoms with Crippen LogP contribution in [0, 0.1) is 0 Å². The molecule has 4 aliphatic rings. The molecule has 4 atom stereocenters. The maximum atomic E-state index is 6.25. The van der Waals surface area contributed by atoms with Gasteiger partial charge in [-0.1, -0.05) is 11.6 Å². The third-order valence-electron chi connectivity index (χ3n) is 5.94. The number of rotatable bonds is 4. The van der Waals surface area contributed by atoms with Crippen molar-refractivity contribution in [3.05, 3.63) is 34.9 Å². The van der Waals surface area contributed by atoms with Gasteiger partial charge in [0.2, 0.25) is 6.79 Å². The summed E-state index contributed by atoms with van der Waals surface area (Å²) in [5.74, 6) is 2.03. The summed E-state index contributed by atoms with van der Waals surface area (Å²) in [7, 11) is 0. The summed E-state index contributed by atoms with van der Waals surface area (Å²) in [4.78, 5) is 2.59. The summed E-state index contributed by atoms with van der Waals surface area (Å²) in [6.45, 7) is 7.92. The number of hydrogen-bond donors (Lipinski definition) is 0. The van der Waals surface area contributed by atoms with Crippen LogP contribution >= 0.6 is 0 Å². The van der Waals surface area contributed by atoms with Crippen LogP contribution in [0.15, 0.2) is 23.8 Å². The number of ether oxygens (including phenoxy) is 4. The second kappa shape index (κ2) is 6.01. The van der Waals surface area contributed by atoms with Gasteiger partial charge in [0.1, 0.15) is 6.10 Å². The van der Waals surface area contributed by atoms with E-state index in [1.807, 2.05) is 0 Å². The summed E-state index contributed by atoms with van der Waals surface area (Å²) in [6.07, 6.45) is 3.53.